The summed E-state index contributed by atoms with van der Waals surface area (Å²) in [4.78, 5) is 11.8. The molecule has 2 N–H and O–H groups in total. The summed E-state index contributed by atoms with van der Waals surface area (Å²) in [5, 5.41) is 6.72. The predicted octanol–water partition coefficient (Wildman–Crippen LogP) is 5.28. The van der Waals surface area contributed by atoms with Crippen LogP contribution < -0.4 is 10.6 Å². The van der Waals surface area contributed by atoms with Crippen LogP contribution in [0, 0.1) is 0 Å². The van der Waals surface area contributed by atoms with E-state index in [1.807, 2.05) is 18.2 Å². The van der Waals surface area contributed by atoms with E-state index >= 15 is 0 Å². The third-order valence-corrected chi connectivity index (χ3v) is 3.98. The van der Waals surface area contributed by atoms with E-state index in [1.54, 1.807) is 30.3 Å². The van der Waals surface area contributed by atoms with Crippen molar-refractivity contribution in [2.45, 2.75) is 0 Å². The Labute approximate surface area is 157 Å². The summed E-state index contributed by atoms with van der Waals surface area (Å²) >= 11 is 20.3. The lowest BCUT2D eigenvalue weighted by molar-refractivity contribution is -0.115. The first-order valence-electron chi connectivity index (χ1n) is 6.45. The van der Waals surface area contributed by atoms with E-state index in [1.165, 1.54) is 6.08 Å². The molecular formula is C16H11BrCl2N2OS. The fourth-order valence-corrected chi connectivity index (χ4v) is 2.70. The Morgan fingerprint density at radius 1 is 1.13 bits per heavy atom. The second-order valence-electron chi connectivity index (χ2n) is 4.45. The molecule has 2 aromatic carbocycles. The minimum atomic E-state index is -0.342. The Morgan fingerprint density at radius 2 is 1.83 bits per heavy atom. The van der Waals surface area contributed by atoms with Gasteiger partial charge in [0.25, 0.3) is 0 Å². The van der Waals surface area contributed by atoms with Crippen molar-refractivity contribution in [1.29, 1.82) is 0 Å². The lowest BCUT2D eigenvalue weighted by Crippen LogP contribution is -2.32. The Kier molecular flexibility index (Phi) is 6.59. The van der Waals surface area contributed by atoms with Crippen molar-refractivity contribution in [3.8, 4) is 0 Å². The third-order valence-electron chi connectivity index (χ3n) is 2.71. The van der Waals surface area contributed by atoms with Crippen molar-refractivity contribution in [2.24, 2.45) is 0 Å². The van der Waals surface area contributed by atoms with Crippen molar-refractivity contribution in [2.75, 3.05) is 5.32 Å². The molecule has 0 fully saturated rings. The van der Waals surface area contributed by atoms with Crippen molar-refractivity contribution >= 4 is 74.1 Å². The van der Waals surface area contributed by atoms with Gasteiger partial charge in [0, 0.05) is 15.6 Å². The lowest BCUT2D eigenvalue weighted by Gasteiger charge is -2.09. The molecule has 2 rings (SSSR count). The zero-order valence-electron chi connectivity index (χ0n) is 11.6. The average molecular weight is 430 g/mol. The molecule has 0 heterocycles. The first-order valence-corrected chi connectivity index (χ1v) is 8.40. The smallest absolute Gasteiger partial charge is 0.250 e. The number of halogens is 3. The van der Waals surface area contributed by atoms with Crippen LogP contribution in [0.2, 0.25) is 10.0 Å². The van der Waals surface area contributed by atoms with Crippen LogP contribution in [0.5, 0.6) is 0 Å². The summed E-state index contributed by atoms with van der Waals surface area (Å²) in [6.07, 6.45) is 3.06. The minimum absolute atomic E-state index is 0.167. The van der Waals surface area contributed by atoms with E-state index in [9.17, 15) is 4.79 Å². The Balaban J connectivity index is 1.91. The number of thiocarbonyl (C=S) groups is 1. The van der Waals surface area contributed by atoms with Crippen LogP contribution in [0.15, 0.2) is 53.0 Å². The fraction of sp³-hybridized carbons (Fsp3) is 0. The van der Waals surface area contributed by atoms with Crippen molar-refractivity contribution in [1.82, 2.24) is 5.32 Å². The van der Waals surface area contributed by atoms with Gasteiger partial charge in [-0.05, 0) is 54.2 Å². The standard InChI is InChI=1S/C16H11BrCl2N2OS/c17-11-4-7-14(13(19)9-11)20-16(23)21-15(22)8-3-10-1-5-12(18)6-2-10/h1-9H,(H2,20,21,22,23)/b8-3+. The van der Waals surface area contributed by atoms with Gasteiger partial charge < -0.3 is 5.32 Å². The topological polar surface area (TPSA) is 41.1 Å². The van der Waals surface area contributed by atoms with Crippen LogP contribution in [0.25, 0.3) is 6.08 Å². The van der Waals surface area contributed by atoms with E-state index in [4.69, 9.17) is 35.4 Å². The number of rotatable bonds is 3. The van der Waals surface area contributed by atoms with Gasteiger partial charge in [-0.2, -0.15) is 0 Å². The number of carbonyl (C=O) groups excluding carboxylic acids is 1. The molecule has 0 spiro atoms. The SMILES string of the molecule is O=C(/C=C/c1ccc(Cl)cc1)NC(=S)Nc1ccc(Br)cc1Cl. The maximum absolute atomic E-state index is 11.8. The maximum Gasteiger partial charge on any atom is 0.250 e. The van der Waals surface area contributed by atoms with Crippen LogP contribution in [0.1, 0.15) is 5.56 Å². The summed E-state index contributed by atoms with van der Waals surface area (Å²) in [5.41, 5.74) is 1.47. The van der Waals surface area contributed by atoms with E-state index in [2.05, 4.69) is 26.6 Å². The van der Waals surface area contributed by atoms with Gasteiger partial charge in [0.1, 0.15) is 0 Å². The van der Waals surface area contributed by atoms with Crippen molar-refractivity contribution in [3.63, 3.8) is 0 Å². The number of nitrogens with one attached hydrogen (secondary N) is 2. The molecule has 0 atom stereocenters. The second-order valence-corrected chi connectivity index (χ2v) is 6.62. The fourth-order valence-electron chi connectivity index (χ4n) is 1.64. The highest BCUT2D eigenvalue weighted by molar-refractivity contribution is 9.10. The molecular weight excluding hydrogens is 419 g/mol. The largest absolute Gasteiger partial charge is 0.331 e. The molecule has 0 aromatic heterocycles. The molecule has 2 aromatic rings. The van der Waals surface area contributed by atoms with Gasteiger partial charge in [0.15, 0.2) is 5.11 Å². The summed E-state index contributed by atoms with van der Waals surface area (Å²) in [7, 11) is 0. The number of hydrogen-bond donors (Lipinski definition) is 2. The average Bonchev–Trinajstić information content (AvgIpc) is 2.49. The van der Waals surface area contributed by atoms with Gasteiger partial charge in [0.2, 0.25) is 5.91 Å². The van der Waals surface area contributed by atoms with E-state index in [0.29, 0.717) is 15.7 Å². The first kappa shape index (κ1) is 17.9. The van der Waals surface area contributed by atoms with E-state index < -0.39 is 0 Å². The van der Waals surface area contributed by atoms with Crippen LogP contribution in [0.3, 0.4) is 0 Å². The molecule has 3 nitrogen and oxygen atoms in total. The van der Waals surface area contributed by atoms with E-state index in [-0.39, 0.29) is 11.0 Å². The summed E-state index contributed by atoms with van der Waals surface area (Å²) < 4.78 is 0.855. The van der Waals surface area contributed by atoms with Crippen LogP contribution in [-0.2, 0) is 4.79 Å². The monoisotopic (exact) mass is 428 g/mol. The number of amides is 1. The number of hydrogen-bond acceptors (Lipinski definition) is 2. The summed E-state index contributed by atoms with van der Waals surface area (Å²) in [6.45, 7) is 0. The molecule has 23 heavy (non-hydrogen) atoms. The van der Waals surface area contributed by atoms with Crippen LogP contribution >= 0.6 is 51.3 Å². The highest BCUT2D eigenvalue weighted by Gasteiger charge is 2.05. The summed E-state index contributed by atoms with van der Waals surface area (Å²) in [6, 6.07) is 12.4. The normalized spacial score (nSPS) is 10.6. The molecule has 0 aliphatic heterocycles. The zero-order chi connectivity index (χ0) is 16.8. The molecule has 1 amide bonds. The molecule has 0 aliphatic rings. The lowest BCUT2D eigenvalue weighted by atomic mass is 10.2. The van der Waals surface area contributed by atoms with Gasteiger partial charge in [-0.3, -0.25) is 10.1 Å². The Morgan fingerprint density at radius 3 is 2.48 bits per heavy atom. The van der Waals surface area contributed by atoms with Gasteiger partial charge in [-0.15, -0.1) is 0 Å². The van der Waals surface area contributed by atoms with Crippen LogP contribution in [-0.4, -0.2) is 11.0 Å². The molecule has 0 saturated heterocycles. The van der Waals surface area contributed by atoms with Gasteiger partial charge in [-0.25, -0.2) is 0 Å². The van der Waals surface area contributed by atoms with Crippen molar-refractivity contribution < 1.29 is 4.79 Å². The maximum atomic E-state index is 11.8. The van der Waals surface area contributed by atoms with Crippen molar-refractivity contribution in [3.05, 3.63) is 68.6 Å². The molecule has 0 bridgehead atoms. The molecule has 0 aliphatic carbocycles. The highest BCUT2D eigenvalue weighted by Crippen LogP contribution is 2.25. The second kappa shape index (κ2) is 8.45. The predicted molar refractivity (Wildman–Crippen MR) is 104 cm³/mol. The highest BCUT2D eigenvalue weighted by atomic mass is 79.9. The number of anilines is 1. The molecule has 118 valence electrons. The van der Waals surface area contributed by atoms with Gasteiger partial charge >= 0.3 is 0 Å². The van der Waals surface area contributed by atoms with Crippen LogP contribution in [0.4, 0.5) is 5.69 Å². The Bertz CT molecular complexity index is 763. The molecule has 0 unspecified atom stereocenters. The van der Waals surface area contributed by atoms with Gasteiger partial charge in [-0.1, -0.05) is 51.3 Å². The quantitative estimate of drug-likeness (QED) is 0.514. The number of carbonyl (C=O) groups is 1. The van der Waals surface area contributed by atoms with Gasteiger partial charge in [0.05, 0.1) is 10.7 Å². The Hall–Kier alpha value is -1.40. The molecule has 0 saturated carbocycles. The summed E-state index contributed by atoms with van der Waals surface area (Å²) in [5.74, 6) is -0.342. The third kappa shape index (κ3) is 5.95. The van der Waals surface area contributed by atoms with E-state index in [0.717, 1.165) is 10.0 Å². The zero-order valence-corrected chi connectivity index (χ0v) is 15.6. The molecule has 7 heteroatoms. The minimum Gasteiger partial charge on any atom is -0.331 e. The number of benzene rings is 2. The molecule has 0 radical (unpaired) electrons. The first-order chi connectivity index (χ1) is 10.9.